The fourth-order valence-corrected chi connectivity index (χ4v) is 16.9. The van der Waals surface area contributed by atoms with Crippen LogP contribution in [0.2, 0.25) is 6.04 Å². The molecule has 0 spiro atoms. The van der Waals surface area contributed by atoms with Crippen molar-refractivity contribution in [2.24, 2.45) is 0 Å². The average Bonchev–Trinajstić information content (AvgIpc) is 2.79. The Morgan fingerprint density at radius 1 is 0.893 bits per heavy atom. The zero-order valence-corrected chi connectivity index (χ0v) is 18.6. The van der Waals surface area contributed by atoms with Gasteiger partial charge in [0.25, 0.3) is 0 Å². The summed E-state index contributed by atoms with van der Waals surface area (Å²) in [5.41, 5.74) is 1.28. The summed E-state index contributed by atoms with van der Waals surface area (Å²) < 4.78 is 13.8. The highest BCUT2D eigenvalue weighted by Crippen LogP contribution is 2.32. The molecule has 0 aromatic heterocycles. The second-order valence-corrected chi connectivity index (χ2v) is 16.7. The lowest BCUT2D eigenvalue weighted by atomic mass is 10.1. The Kier molecular flexibility index (Phi) is 6.22. The van der Waals surface area contributed by atoms with E-state index < -0.39 is 16.4 Å². The first-order chi connectivity index (χ1) is 13.8. The Bertz CT molecular complexity index is 858. The molecule has 3 aromatic rings. The molecule has 3 unspecified atom stereocenters. The van der Waals surface area contributed by atoms with Crippen LogP contribution in [0.5, 0.6) is 0 Å². The summed E-state index contributed by atoms with van der Waals surface area (Å²) in [6, 6.07) is 33.7. The lowest BCUT2D eigenvalue weighted by Gasteiger charge is -2.43. The smallest absolute Gasteiger partial charge is 0.243 e. The molecular formula is C24H28O2Si2. The van der Waals surface area contributed by atoms with Crippen molar-refractivity contribution < 1.29 is 8.85 Å². The van der Waals surface area contributed by atoms with E-state index in [1.807, 2.05) is 0 Å². The molecule has 1 aliphatic heterocycles. The van der Waals surface area contributed by atoms with Crippen LogP contribution in [0.4, 0.5) is 0 Å². The molecule has 0 aliphatic carbocycles. The van der Waals surface area contributed by atoms with Gasteiger partial charge in [0.15, 0.2) is 0 Å². The van der Waals surface area contributed by atoms with E-state index in [-0.39, 0.29) is 6.10 Å². The van der Waals surface area contributed by atoms with E-state index in [1.165, 1.54) is 15.9 Å². The summed E-state index contributed by atoms with van der Waals surface area (Å²) in [5.74, 6) is 0. The van der Waals surface area contributed by atoms with Gasteiger partial charge in [0.1, 0.15) is 0 Å². The molecule has 2 nitrogen and oxygen atoms in total. The number of hydrogen-bond acceptors (Lipinski definition) is 2. The van der Waals surface area contributed by atoms with Crippen LogP contribution >= 0.6 is 0 Å². The molecule has 1 saturated heterocycles. The zero-order valence-electron chi connectivity index (χ0n) is 16.5. The Labute approximate surface area is 170 Å². The van der Waals surface area contributed by atoms with E-state index in [0.717, 1.165) is 25.5 Å². The molecular weight excluding hydrogens is 376 g/mol. The van der Waals surface area contributed by atoms with Crippen molar-refractivity contribution in [2.45, 2.75) is 31.9 Å². The topological polar surface area (TPSA) is 18.5 Å². The molecule has 1 fully saturated rings. The van der Waals surface area contributed by atoms with Gasteiger partial charge in [-0.1, -0.05) is 97.9 Å². The Hall–Kier alpha value is -1.99. The second kappa shape index (κ2) is 9.01. The Morgan fingerprint density at radius 3 is 2.14 bits per heavy atom. The van der Waals surface area contributed by atoms with Gasteiger partial charge in [0.2, 0.25) is 16.4 Å². The molecule has 1 heterocycles. The van der Waals surface area contributed by atoms with E-state index >= 15 is 0 Å². The van der Waals surface area contributed by atoms with E-state index in [0.29, 0.717) is 0 Å². The number of benzene rings is 3. The van der Waals surface area contributed by atoms with Crippen molar-refractivity contribution >= 4 is 26.8 Å². The summed E-state index contributed by atoms with van der Waals surface area (Å²) in [6.45, 7) is 3.09. The molecule has 3 atom stereocenters. The highest BCUT2D eigenvalue weighted by molar-refractivity contribution is 7.38. The number of rotatable bonds is 6. The largest absolute Gasteiger partial charge is 0.415 e. The van der Waals surface area contributed by atoms with Crippen molar-refractivity contribution in [3.63, 3.8) is 0 Å². The van der Waals surface area contributed by atoms with Gasteiger partial charge in [-0.25, -0.2) is 0 Å². The maximum absolute atomic E-state index is 7.24. The summed E-state index contributed by atoms with van der Waals surface area (Å²) in [5, 5.41) is 2.77. The lowest BCUT2D eigenvalue weighted by Crippen LogP contribution is -2.70. The van der Waals surface area contributed by atoms with Gasteiger partial charge in [-0.3, -0.25) is 0 Å². The van der Waals surface area contributed by atoms with Gasteiger partial charge in [-0.15, -0.1) is 0 Å². The molecule has 3 aromatic carbocycles. The quantitative estimate of drug-likeness (QED) is 0.575. The summed E-state index contributed by atoms with van der Waals surface area (Å²) in [6.07, 6.45) is 2.18. The minimum Gasteiger partial charge on any atom is -0.415 e. The first-order valence-electron chi connectivity index (χ1n) is 10.3. The Morgan fingerprint density at radius 2 is 1.50 bits per heavy atom. The number of hydrogen-bond donors (Lipinski definition) is 0. The van der Waals surface area contributed by atoms with Gasteiger partial charge < -0.3 is 8.85 Å². The monoisotopic (exact) mass is 404 g/mol. The maximum atomic E-state index is 7.24. The van der Waals surface area contributed by atoms with Crippen molar-refractivity contribution in [1.29, 1.82) is 0 Å². The SMILES string of the molecule is CCC(O[Si]1(c2ccccc2)CCCO[SiH]1c1ccccc1)c1ccccc1. The van der Waals surface area contributed by atoms with Gasteiger partial charge in [0, 0.05) is 6.61 Å². The first kappa shape index (κ1) is 19.3. The van der Waals surface area contributed by atoms with Crippen LogP contribution in [0, 0.1) is 0 Å². The lowest BCUT2D eigenvalue weighted by molar-refractivity contribution is 0.188. The van der Waals surface area contributed by atoms with Crippen LogP contribution in [0.1, 0.15) is 31.4 Å². The van der Waals surface area contributed by atoms with Crippen LogP contribution in [0.3, 0.4) is 0 Å². The van der Waals surface area contributed by atoms with Crippen LogP contribution in [-0.4, -0.2) is 23.0 Å². The predicted molar refractivity (Wildman–Crippen MR) is 121 cm³/mol. The van der Waals surface area contributed by atoms with Crippen molar-refractivity contribution in [3.05, 3.63) is 96.6 Å². The minimum atomic E-state index is -2.28. The van der Waals surface area contributed by atoms with Crippen molar-refractivity contribution in [1.82, 2.24) is 0 Å². The van der Waals surface area contributed by atoms with Crippen LogP contribution in [0.15, 0.2) is 91.0 Å². The molecule has 0 radical (unpaired) electrons. The van der Waals surface area contributed by atoms with E-state index in [2.05, 4.69) is 97.9 Å². The van der Waals surface area contributed by atoms with Gasteiger partial charge in [-0.05, 0) is 34.8 Å². The van der Waals surface area contributed by atoms with Crippen molar-refractivity contribution in [3.8, 4) is 0 Å². The first-order valence-corrected chi connectivity index (χ1v) is 15.3. The highest BCUT2D eigenvalue weighted by Gasteiger charge is 2.51. The molecule has 4 rings (SSSR count). The fraction of sp³-hybridized carbons (Fsp3) is 0.250. The molecule has 0 N–H and O–H groups in total. The normalized spacial score (nSPS) is 23.2. The third-order valence-corrected chi connectivity index (χ3v) is 17.5. The molecule has 4 heteroatoms. The maximum Gasteiger partial charge on any atom is 0.243 e. The van der Waals surface area contributed by atoms with Gasteiger partial charge in [0.05, 0.1) is 6.10 Å². The molecule has 144 valence electrons. The van der Waals surface area contributed by atoms with Gasteiger partial charge in [-0.2, -0.15) is 0 Å². The average molecular weight is 405 g/mol. The molecule has 1 aliphatic rings. The van der Waals surface area contributed by atoms with E-state index in [9.17, 15) is 0 Å². The molecule has 0 saturated carbocycles. The summed E-state index contributed by atoms with van der Waals surface area (Å²) >= 11 is 0. The third-order valence-electron chi connectivity index (χ3n) is 5.66. The second-order valence-electron chi connectivity index (χ2n) is 7.45. The van der Waals surface area contributed by atoms with Crippen LogP contribution < -0.4 is 10.4 Å². The minimum absolute atomic E-state index is 0.119. The highest BCUT2D eigenvalue weighted by atomic mass is 29.3. The molecule has 28 heavy (non-hydrogen) atoms. The summed E-state index contributed by atoms with van der Waals surface area (Å²) in [7, 11) is -4.02. The van der Waals surface area contributed by atoms with E-state index in [1.54, 1.807) is 0 Å². The fourth-order valence-electron chi connectivity index (χ4n) is 4.31. The Balaban J connectivity index is 1.80. The van der Waals surface area contributed by atoms with Gasteiger partial charge >= 0.3 is 0 Å². The predicted octanol–water partition coefficient (Wildman–Crippen LogP) is 4.14. The third kappa shape index (κ3) is 3.91. The molecule has 0 amide bonds. The van der Waals surface area contributed by atoms with E-state index in [4.69, 9.17) is 8.85 Å². The zero-order chi connectivity index (χ0) is 19.2. The summed E-state index contributed by atoms with van der Waals surface area (Å²) in [4.78, 5) is 0. The molecule has 0 bridgehead atoms. The van der Waals surface area contributed by atoms with Crippen LogP contribution in [0.25, 0.3) is 0 Å². The standard InChI is InChI=1S/C24H28O2Si2/c1-2-24(21-13-6-3-7-14-21)26-28(23-17-10-5-11-18-23)20-12-19-25-27(28)22-15-8-4-9-16-22/h3-11,13-18,24,27H,2,12,19-20H2,1H3. The van der Waals surface area contributed by atoms with Crippen molar-refractivity contribution in [2.75, 3.05) is 6.61 Å². The van der Waals surface area contributed by atoms with Crippen LogP contribution in [-0.2, 0) is 8.85 Å².